The third-order valence-electron chi connectivity index (χ3n) is 6.07. The van der Waals surface area contributed by atoms with Gasteiger partial charge in [-0.1, -0.05) is 18.2 Å². The number of sulfonamides is 1. The van der Waals surface area contributed by atoms with E-state index >= 15 is 0 Å². The normalized spacial score (nSPS) is 17.7. The lowest BCUT2D eigenvalue weighted by molar-refractivity contribution is -0.137. The van der Waals surface area contributed by atoms with Crippen molar-refractivity contribution in [3.8, 4) is 5.75 Å². The van der Waals surface area contributed by atoms with Crippen molar-refractivity contribution in [2.75, 3.05) is 29.4 Å². The van der Waals surface area contributed by atoms with Gasteiger partial charge in [-0.25, -0.2) is 18.2 Å². The number of aromatic nitrogens is 1. The molecule has 194 valence electrons. The van der Waals surface area contributed by atoms with Crippen LogP contribution in [0.2, 0.25) is 0 Å². The fourth-order valence-electron chi connectivity index (χ4n) is 4.38. The molecule has 1 amide bonds. The van der Waals surface area contributed by atoms with Crippen molar-refractivity contribution < 1.29 is 40.2 Å². The lowest BCUT2D eigenvalue weighted by atomic mass is 9.85. The van der Waals surface area contributed by atoms with Crippen LogP contribution in [0.4, 0.5) is 33.9 Å². The van der Waals surface area contributed by atoms with E-state index in [1.165, 1.54) is 36.4 Å². The van der Waals surface area contributed by atoms with Crippen molar-refractivity contribution in [3.63, 3.8) is 0 Å². The lowest BCUT2D eigenvalue weighted by Crippen LogP contribution is -2.27. The van der Waals surface area contributed by atoms with Crippen LogP contribution in [0.5, 0.6) is 5.75 Å². The molecule has 0 aliphatic carbocycles. The van der Waals surface area contributed by atoms with Crippen LogP contribution in [-0.2, 0) is 20.9 Å². The second-order valence-corrected chi connectivity index (χ2v) is 10.1. The molecule has 5 rings (SSSR count). The Morgan fingerprint density at radius 3 is 2.49 bits per heavy atom. The summed E-state index contributed by atoms with van der Waals surface area (Å²) in [7, 11) is -4.15. The number of fused-ring (bicyclic) bond motifs is 1. The zero-order chi connectivity index (χ0) is 26.4. The van der Waals surface area contributed by atoms with Crippen molar-refractivity contribution in [1.82, 2.24) is 4.98 Å². The van der Waals surface area contributed by atoms with Gasteiger partial charge in [-0.05, 0) is 42.3 Å². The first-order valence-electron chi connectivity index (χ1n) is 11.1. The smallest absolute Gasteiger partial charge is 0.416 e. The molecule has 0 radical (unpaired) electrons. The SMILES string of the molecule is O=C1OCCN1c1cc(C(F)(F)F)ccc1C1CCOc2cc(S(=O)(=O)Nc3cccc(F)n3)ccc21. The minimum atomic E-state index is -4.61. The predicted molar refractivity (Wildman–Crippen MR) is 124 cm³/mol. The molecule has 3 aromatic rings. The highest BCUT2D eigenvalue weighted by Crippen LogP contribution is 2.44. The molecule has 1 aromatic heterocycles. The molecule has 37 heavy (non-hydrogen) atoms. The standard InChI is InChI=1S/C24H19F4N3O5S/c25-21-2-1-3-22(29-21)30-37(33,34)15-5-7-18-16(8-10-35-20(18)13-15)17-6-4-14(24(26,27)28)12-19(17)31-9-11-36-23(31)32/h1-7,12-13,16H,8-11H2,(H,29,30). The summed E-state index contributed by atoms with van der Waals surface area (Å²) in [5.74, 6) is -1.32. The van der Waals surface area contributed by atoms with Crippen LogP contribution in [0, 0.1) is 5.95 Å². The van der Waals surface area contributed by atoms with Gasteiger partial charge in [0.2, 0.25) is 5.95 Å². The number of nitrogens with zero attached hydrogens (tertiary/aromatic N) is 2. The van der Waals surface area contributed by atoms with Crippen LogP contribution in [0.1, 0.15) is 29.0 Å². The van der Waals surface area contributed by atoms with Crippen LogP contribution in [0.3, 0.4) is 0 Å². The van der Waals surface area contributed by atoms with Gasteiger partial charge in [-0.3, -0.25) is 9.62 Å². The fourth-order valence-corrected chi connectivity index (χ4v) is 5.40. The highest BCUT2D eigenvalue weighted by Gasteiger charge is 2.36. The van der Waals surface area contributed by atoms with Crippen molar-refractivity contribution in [3.05, 3.63) is 77.2 Å². The Kier molecular flexibility index (Phi) is 6.18. The van der Waals surface area contributed by atoms with E-state index in [2.05, 4.69) is 9.71 Å². The number of nitrogens with one attached hydrogen (secondary N) is 1. The number of carbonyl (C=O) groups excluding carboxylic acids is 1. The Bertz CT molecular complexity index is 1480. The molecule has 2 aliphatic heterocycles. The predicted octanol–water partition coefficient (Wildman–Crippen LogP) is 4.91. The molecule has 8 nitrogen and oxygen atoms in total. The molecule has 1 fully saturated rings. The molecule has 3 heterocycles. The molecule has 0 bridgehead atoms. The van der Waals surface area contributed by atoms with Gasteiger partial charge in [0.05, 0.1) is 29.3 Å². The van der Waals surface area contributed by atoms with E-state index in [4.69, 9.17) is 9.47 Å². The van der Waals surface area contributed by atoms with Crippen LogP contribution in [-0.4, -0.2) is 39.3 Å². The van der Waals surface area contributed by atoms with Crippen LogP contribution in [0.15, 0.2) is 59.5 Å². The zero-order valence-electron chi connectivity index (χ0n) is 19.0. The van der Waals surface area contributed by atoms with E-state index in [0.29, 0.717) is 17.5 Å². The first-order chi connectivity index (χ1) is 17.5. The maximum atomic E-state index is 13.5. The number of ether oxygens (including phenoxy) is 2. The number of cyclic esters (lactones) is 1. The molecule has 0 spiro atoms. The Labute approximate surface area is 208 Å². The zero-order valence-corrected chi connectivity index (χ0v) is 19.8. The quantitative estimate of drug-likeness (QED) is 0.367. The largest absolute Gasteiger partial charge is 0.493 e. The number of rotatable bonds is 5. The molecule has 2 aromatic carbocycles. The second kappa shape index (κ2) is 9.21. The topological polar surface area (TPSA) is 97.8 Å². The van der Waals surface area contributed by atoms with E-state index in [1.54, 1.807) is 0 Å². The van der Waals surface area contributed by atoms with E-state index in [1.807, 2.05) is 0 Å². The van der Waals surface area contributed by atoms with Gasteiger partial charge in [0.1, 0.15) is 18.2 Å². The van der Waals surface area contributed by atoms with Gasteiger partial charge in [-0.2, -0.15) is 17.6 Å². The molecule has 13 heteroatoms. The third-order valence-corrected chi connectivity index (χ3v) is 7.43. The van der Waals surface area contributed by atoms with Gasteiger partial charge in [0, 0.05) is 17.5 Å². The number of benzene rings is 2. The van der Waals surface area contributed by atoms with Crippen LogP contribution < -0.4 is 14.4 Å². The number of pyridine rings is 1. The number of alkyl halides is 3. The number of hydrogen-bond donors (Lipinski definition) is 1. The summed E-state index contributed by atoms with van der Waals surface area (Å²) in [6.07, 6.45) is -4.98. The van der Waals surface area contributed by atoms with Gasteiger partial charge >= 0.3 is 12.3 Å². The Hall–Kier alpha value is -3.87. The van der Waals surface area contributed by atoms with Crippen LogP contribution >= 0.6 is 0 Å². The third kappa shape index (κ3) is 4.90. The van der Waals surface area contributed by atoms with Crippen molar-refractivity contribution in [2.45, 2.75) is 23.4 Å². The van der Waals surface area contributed by atoms with E-state index in [-0.39, 0.29) is 41.9 Å². The number of carbonyl (C=O) groups is 1. The molecule has 1 atom stereocenters. The van der Waals surface area contributed by atoms with Gasteiger partial charge < -0.3 is 9.47 Å². The molecule has 0 saturated carbocycles. The van der Waals surface area contributed by atoms with Crippen molar-refractivity contribution in [2.24, 2.45) is 0 Å². The molecule has 1 N–H and O–H groups in total. The first kappa shape index (κ1) is 24.8. The Morgan fingerprint density at radius 1 is 1.00 bits per heavy atom. The molecular formula is C24H19F4N3O5S. The highest BCUT2D eigenvalue weighted by atomic mass is 32.2. The minimum Gasteiger partial charge on any atom is -0.493 e. The second-order valence-electron chi connectivity index (χ2n) is 8.38. The first-order valence-corrected chi connectivity index (χ1v) is 12.6. The summed E-state index contributed by atoms with van der Waals surface area (Å²) in [6, 6.07) is 11.0. The number of hydrogen-bond acceptors (Lipinski definition) is 6. The number of amides is 1. The van der Waals surface area contributed by atoms with Crippen LogP contribution in [0.25, 0.3) is 0 Å². The summed E-state index contributed by atoms with van der Waals surface area (Å²) in [6.45, 7) is 0.304. The summed E-state index contributed by atoms with van der Waals surface area (Å²) in [5, 5.41) is 0. The van der Waals surface area contributed by atoms with Crippen molar-refractivity contribution in [1.29, 1.82) is 0 Å². The Balaban J connectivity index is 1.53. The maximum Gasteiger partial charge on any atom is 0.416 e. The van der Waals surface area contributed by atoms with E-state index in [9.17, 15) is 30.8 Å². The van der Waals surface area contributed by atoms with Gasteiger partial charge in [0.25, 0.3) is 10.0 Å². The van der Waals surface area contributed by atoms with Crippen molar-refractivity contribution >= 4 is 27.6 Å². The average molecular weight is 537 g/mol. The summed E-state index contributed by atoms with van der Waals surface area (Å²) in [5.41, 5.74) is 0.166. The monoisotopic (exact) mass is 537 g/mol. The summed E-state index contributed by atoms with van der Waals surface area (Å²) < 4.78 is 92.3. The molecule has 1 unspecified atom stereocenters. The molecule has 2 aliphatic rings. The molecular weight excluding hydrogens is 518 g/mol. The summed E-state index contributed by atoms with van der Waals surface area (Å²) in [4.78, 5) is 16.7. The van der Waals surface area contributed by atoms with Gasteiger partial charge in [0.15, 0.2) is 0 Å². The minimum absolute atomic E-state index is 0.0489. The lowest BCUT2D eigenvalue weighted by Gasteiger charge is -2.30. The average Bonchev–Trinajstić information content (AvgIpc) is 3.27. The molecule has 1 saturated heterocycles. The maximum absolute atomic E-state index is 13.5. The number of halogens is 4. The van der Waals surface area contributed by atoms with E-state index < -0.39 is 39.7 Å². The number of anilines is 2. The fraction of sp³-hybridized carbons (Fsp3) is 0.250. The highest BCUT2D eigenvalue weighted by molar-refractivity contribution is 7.92. The summed E-state index contributed by atoms with van der Waals surface area (Å²) >= 11 is 0. The van der Waals surface area contributed by atoms with E-state index in [0.717, 1.165) is 23.1 Å². The Morgan fingerprint density at radius 2 is 1.78 bits per heavy atom. The van der Waals surface area contributed by atoms with Gasteiger partial charge in [-0.15, -0.1) is 0 Å².